The zero-order chi connectivity index (χ0) is 17.2. The van der Waals surface area contributed by atoms with Crippen molar-refractivity contribution in [3.63, 3.8) is 0 Å². The third kappa shape index (κ3) is 3.49. The molecule has 0 spiro atoms. The van der Waals surface area contributed by atoms with Crippen molar-refractivity contribution in [3.8, 4) is 0 Å². The highest BCUT2D eigenvalue weighted by Crippen LogP contribution is 2.26. The van der Waals surface area contributed by atoms with Gasteiger partial charge in [0.25, 0.3) is 0 Å². The van der Waals surface area contributed by atoms with Gasteiger partial charge >= 0.3 is 0 Å². The Balaban J connectivity index is 1.84. The molecule has 7 heteroatoms. The van der Waals surface area contributed by atoms with E-state index >= 15 is 0 Å². The third-order valence-electron chi connectivity index (χ3n) is 4.12. The minimum atomic E-state index is -3.80. The number of hydrogen-bond acceptors (Lipinski definition) is 5. The molecule has 1 aliphatic heterocycles. The highest BCUT2D eigenvalue weighted by molar-refractivity contribution is 7.89. The third-order valence-corrected chi connectivity index (χ3v) is 5.47. The molecule has 0 aliphatic carbocycles. The lowest BCUT2D eigenvalue weighted by Gasteiger charge is -2.25. The average Bonchev–Trinajstić information content (AvgIpc) is 2.92. The fraction of sp³-hybridized carbons (Fsp3) is 0.294. The van der Waals surface area contributed by atoms with Crippen LogP contribution in [0.1, 0.15) is 12.8 Å². The summed E-state index contributed by atoms with van der Waals surface area (Å²) in [6, 6.07) is 12.4. The number of carbonyl (C=O) groups excluding carboxylic acids is 1. The van der Waals surface area contributed by atoms with Crippen molar-refractivity contribution in [2.45, 2.75) is 23.8 Å². The lowest BCUT2D eigenvalue weighted by Crippen LogP contribution is -2.42. The number of sulfonamides is 1. The maximum absolute atomic E-state index is 12.7. The Labute approximate surface area is 141 Å². The number of carbonyl (C=O) groups is 1. The Bertz CT molecular complexity index is 837. The molecule has 127 valence electrons. The van der Waals surface area contributed by atoms with E-state index in [1.807, 2.05) is 24.3 Å². The number of benzene rings is 2. The molecule has 1 radical (unpaired) electrons. The van der Waals surface area contributed by atoms with E-state index in [-0.39, 0.29) is 17.5 Å². The molecule has 1 saturated heterocycles. The number of nitrogens with zero attached hydrogens (tertiary/aromatic N) is 1. The molecule has 0 amide bonds. The van der Waals surface area contributed by atoms with Gasteiger partial charge in [-0.05, 0) is 29.3 Å². The van der Waals surface area contributed by atoms with Crippen molar-refractivity contribution in [2.75, 3.05) is 13.1 Å². The summed E-state index contributed by atoms with van der Waals surface area (Å²) in [5, 5.41) is 11.8. The molecular formula is C17H19N2O4S. The molecule has 0 aromatic heterocycles. The molecule has 1 unspecified atom stereocenters. The Morgan fingerprint density at radius 2 is 1.96 bits per heavy atom. The van der Waals surface area contributed by atoms with E-state index in [0.717, 1.165) is 17.1 Å². The van der Waals surface area contributed by atoms with Crippen LogP contribution < -0.4 is 4.72 Å². The molecule has 2 aromatic rings. The molecule has 1 heterocycles. The topological polar surface area (TPSA) is 86.7 Å². The predicted molar refractivity (Wildman–Crippen MR) is 90.4 cm³/mol. The van der Waals surface area contributed by atoms with Crippen molar-refractivity contribution in [2.24, 2.45) is 0 Å². The Hall–Kier alpha value is -1.80. The summed E-state index contributed by atoms with van der Waals surface area (Å²) in [6.07, 6.45) is 0.875. The lowest BCUT2D eigenvalue weighted by atomic mass is 10.1. The van der Waals surface area contributed by atoms with Crippen LogP contribution >= 0.6 is 0 Å². The summed E-state index contributed by atoms with van der Waals surface area (Å²) in [6.45, 7) is 0.903. The largest absolute Gasteiger partial charge is 0.390 e. The molecule has 2 aromatic carbocycles. The van der Waals surface area contributed by atoms with Crippen molar-refractivity contribution < 1.29 is 18.3 Å². The van der Waals surface area contributed by atoms with E-state index in [1.54, 1.807) is 23.1 Å². The molecule has 1 atom stereocenters. The van der Waals surface area contributed by atoms with E-state index in [1.165, 1.54) is 0 Å². The van der Waals surface area contributed by atoms with Gasteiger partial charge in [-0.15, -0.1) is 0 Å². The fourth-order valence-corrected chi connectivity index (χ4v) is 4.04. The number of fused-ring (bicyclic) bond motifs is 1. The Morgan fingerprint density at radius 3 is 2.71 bits per heavy atom. The highest BCUT2D eigenvalue weighted by Gasteiger charge is 2.37. The van der Waals surface area contributed by atoms with Crippen LogP contribution in [0.3, 0.4) is 0 Å². The summed E-state index contributed by atoms with van der Waals surface area (Å²) in [7, 11) is -3.80. The minimum Gasteiger partial charge on any atom is -0.390 e. The SMILES string of the molecule is O=CCCN1CCC(O)[C]1NS(=O)(=O)c1ccc2ccccc2c1. The number of aldehydes is 1. The number of hydrogen-bond donors (Lipinski definition) is 2. The quantitative estimate of drug-likeness (QED) is 0.769. The van der Waals surface area contributed by atoms with Gasteiger partial charge < -0.3 is 9.90 Å². The first-order valence-corrected chi connectivity index (χ1v) is 9.25. The maximum Gasteiger partial charge on any atom is 0.242 e. The number of rotatable bonds is 6. The smallest absolute Gasteiger partial charge is 0.242 e. The number of likely N-dealkylation sites (tertiary alicyclic amines) is 1. The van der Waals surface area contributed by atoms with Crippen LogP contribution in [0, 0.1) is 6.17 Å². The Morgan fingerprint density at radius 1 is 1.21 bits per heavy atom. The van der Waals surface area contributed by atoms with Gasteiger partial charge in [-0.25, -0.2) is 8.42 Å². The van der Waals surface area contributed by atoms with Crippen molar-refractivity contribution in [3.05, 3.63) is 48.6 Å². The maximum atomic E-state index is 12.7. The molecule has 1 fully saturated rings. The molecule has 0 saturated carbocycles. The van der Waals surface area contributed by atoms with Crippen LogP contribution in [0.5, 0.6) is 0 Å². The average molecular weight is 347 g/mol. The van der Waals surface area contributed by atoms with Crippen LogP contribution in [-0.4, -0.2) is 43.9 Å². The van der Waals surface area contributed by atoms with Gasteiger partial charge in [-0.3, -0.25) is 4.90 Å². The van der Waals surface area contributed by atoms with Crippen molar-refractivity contribution in [1.29, 1.82) is 0 Å². The summed E-state index contributed by atoms with van der Waals surface area (Å²) in [5.74, 6) is 0. The lowest BCUT2D eigenvalue weighted by molar-refractivity contribution is -0.108. The van der Waals surface area contributed by atoms with Crippen LogP contribution in [-0.2, 0) is 14.8 Å². The van der Waals surface area contributed by atoms with Gasteiger partial charge in [-0.1, -0.05) is 30.3 Å². The minimum absolute atomic E-state index is 0.142. The number of aliphatic hydroxyl groups is 1. The fourth-order valence-electron chi connectivity index (χ4n) is 2.85. The first-order valence-electron chi connectivity index (χ1n) is 7.76. The Kier molecular flexibility index (Phi) is 4.96. The van der Waals surface area contributed by atoms with Gasteiger partial charge in [-0.2, -0.15) is 4.72 Å². The second kappa shape index (κ2) is 6.98. The summed E-state index contributed by atoms with van der Waals surface area (Å²) < 4.78 is 27.8. The second-order valence-electron chi connectivity index (χ2n) is 5.75. The van der Waals surface area contributed by atoms with Crippen LogP contribution in [0.2, 0.25) is 0 Å². The van der Waals surface area contributed by atoms with Gasteiger partial charge in [0.1, 0.15) is 12.5 Å². The van der Waals surface area contributed by atoms with E-state index < -0.39 is 16.1 Å². The van der Waals surface area contributed by atoms with Crippen LogP contribution in [0.15, 0.2) is 47.4 Å². The summed E-state index contributed by atoms with van der Waals surface area (Å²) in [4.78, 5) is 12.4. The molecule has 2 N–H and O–H groups in total. The van der Waals surface area contributed by atoms with Gasteiger partial charge in [0, 0.05) is 19.5 Å². The predicted octanol–water partition coefficient (Wildman–Crippen LogP) is 1.26. The van der Waals surface area contributed by atoms with Crippen molar-refractivity contribution >= 4 is 27.1 Å². The summed E-state index contributed by atoms with van der Waals surface area (Å²) in [5.41, 5.74) is 0. The molecule has 1 aliphatic rings. The van der Waals surface area contributed by atoms with Crippen LogP contribution in [0.4, 0.5) is 0 Å². The molecule has 3 rings (SSSR count). The zero-order valence-electron chi connectivity index (χ0n) is 13.1. The number of nitrogens with one attached hydrogen (secondary N) is 1. The number of aliphatic hydroxyl groups excluding tert-OH is 1. The van der Waals surface area contributed by atoms with E-state index in [4.69, 9.17) is 0 Å². The standard InChI is InChI=1S/C17H19N2O4S/c20-11-3-9-19-10-8-16(21)17(19)18-24(22,23)15-7-6-13-4-1-2-5-14(13)12-15/h1-2,4-7,11-12,16,18,21H,3,8-10H2. The first kappa shape index (κ1) is 17.0. The first-order chi connectivity index (χ1) is 11.5. The van der Waals surface area contributed by atoms with E-state index in [9.17, 15) is 18.3 Å². The molecule has 0 bridgehead atoms. The normalized spacial score (nSPS) is 19.8. The van der Waals surface area contributed by atoms with E-state index in [2.05, 4.69) is 4.72 Å². The van der Waals surface area contributed by atoms with E-state index in [0.29, 0.717) is 19.5 Å². The molecule has 6 nitrogen and oxygen atoms in total. The van der Waals surface area contributed by atoms with Gasteiger partial charge in [0.15, 0.2) is 0 Å². The highest BCUT2D eigenvalue weighted by atomic mass is 32.2. The van der Waals surface area contributed by atoms with Gasteiger partial charge in [0.2, 0.25) is 10.0 Å². The zero-order valence-corrected chi connectivity index (χ0v) is 13.9. The monoisotopic (exact) mass is 347 g/mol. The van der Waals surface area contributed by atoms with Crippen LogP contribution in [0.25, 0.3) is 10.8 Å². The van der Waals surface area contributed by atoms with Gasteiger partial charge in [0.05, 0.1) is 11.0 Å². The second-order valence-corrected chi connectivity index (χ2v) is 7.43. The molecular weight excluding hydrogens is 328 g/mol. The summed E-state index contributed by atoms with van der Waals surface area (Å²) >= 11 is 0. The molecule has 24 heavy (non-hydrogen) atoms. The van der Waals surface area contributed by atoms with Crippen molar-refractivity contribution in [1.82, 2.24) is 9.62 Å².